The molecule has 2 aromatic rings. The summed E-state index contributed by atoms with van der Waals surface area (Å²) in [6.07, 6.45) is -3.26. The van der Waals surface area contributed by atoms with Crippen LogP contribution < -0.4 is 30.7 Å². The van der Waals surface area contributed by atoms with Gasteiger partial charge in [0.2, 0.25) is 5.91 Å². The molecule has 14 heteroatoms. The predicted octanol–water partition coefficient (Wildman–Crippen LogP) is 0.318. The van der Waals surface area contributed by atoms with Crippen LogP contribution in [0.3, 0.4) is 0 Å². The number of anilines is 2. The van der Waals surface area contributed by atoms with E-state index in [1.807, 2.05) is 7.05 Å². The van der Waals surface area contributed by atoms with Crippen LogP contribution in [0.1, 0.15) is 6.92 Å². The summed E-state index contributed by atoms with van der Waals surface area (Å²) in [6.45, 7) is 3.83. The Bertz CT molecular complexity index is 1390. The molecule has 3 rings (SSSR count). The number of benzene rings is 1. The number of rotatable bonds is 8. The van der Waals surface area contributed by atoms with Crippen molar-refractivity contribution in [3.63, 3.8) is 0 Å². The molecule has 1 aromatic carbocycles. The Morgan fingerprint density at radius 3 is 2.50 bits per heavy atom. The van der Waals surface area contributed by atoms with Gasteiger partial charge in [-0.2, -0.15) is 18.4 Å². The fourth-order valence-electron chi connectivity index (χ4n) is 3.70. The maximum atomic E-state index is 12.8. The first-order chi connectivity index (χ1) is 18.0. The highest BCUT2D eigenvalue weighted by Crippen LogP contribution is 2.15. The Morgan fingerprint density at radius 1 is 1.18 bits per heavy atom. The van der Waals surface area contributed by atoms with Gasteiger partial charge in [0.1, 0.15) is 21.8 Å². The van der Waals surface area contributed by atoms with E-state index in [0.29, 0.717) is 11.4 Å². The molecule has 0 atom stereocenters. The van der Waals surface area contributed by atoms with Gasteiger partial charge in [0.15, 0.2) is 5.57 Å². The van der Waals surface area contributed by atoms with Crippen molar-refractivity contribution in [2.45, 2.75) is 19.6 Å². The van der Waals surface area contributed by atoms with Gasteiger partial charge in [-0.05, 0) is 32.2 Å². The molecule has 1 saturated heterocycles. The Balaban J connectivity index is 1.77. The highest BCUT2D eigenvalue weighted by molar-refractivity contribution is 7.07. The predicted molar refractivity (Wildman–Crippen MR) is 139 cm³/mol. The van der Waals surface area contributed by atoms with Crippen LogP contribution in [0.5, 0.6) is 0 Å². The normalized spacial score (nSPS) is 16.1. The van der Waals surface area contributed by atoms with E-state index < -0.39 is 29.8 Å². The Kier molecular flexibility index (Phi) is 9.67. The zero-order valence-corrected chi connectivity index (χ0v) is 21.7. The molecule has 10 nitrogen and oxygen atoms in total. The van der Waals surface area contributed by atoms with Gasteiger partial charge in [0.25, 0.3) is 11.5 Å². The number of hydrogen-bond acceptors (Lipinski definition) is 8. The number of halogens is 3. The molecule has 204 valence electrons. The molecule has 0 unspecified atom stereocenters. The van der Waals surface area contributed by atoms with E-state index in [2.05, 4.69) is 20.4 Å². The van der Waals surface area contributed by atoms with Crippen LogP contribution in [0.2, 0.25) is 0 Å². The topological polar surface area (TPSA) is 122 Å². The number of aromatic nitrogens is 1. The minimum atomic E-state index is -4.64. The van der Waals surface area contributed by atoms with Gasteiger partial charge in [0.05, 0.1) is 6.54 Å². The number of alkyl halides is 3. The van der Waals surface area contributed by atoms with E-state index in [4.69, 9.17) is 0 Å². The third kappa shape index (κ3) is 7.91. The number of carbonyl (C=O) groups is 2. The van der Waals surface area contributed by atoms with Crippen molar-refractivity contribution in [2.24, 2.45) is 0 Å². The van der Waals surface area contributed by atoms with Gasteiger partial charge < -0.3 is 20.9 Å². The van der Waals surface area contributed by atoms with Crippen molar-refractivity contribution in [3.8, 4) is 6.07 Å². The largest absolute Gasteiger partial charge is 0.405 e. The third-order valence-electron chi connectivity index (χ3n) is 5.71. The average molecular weight is 552 g/mol. The second kappa shape index (κ2) is 12.7. The molecular weight excluding hydrogens is 523 g/mol. The number of carbonyl (C=O) groups excluding carboxylic acids is 2. The lowest BCUT2D eigenvalue weighted by atomic mass is 10.2. The summed E-state index contributed by atoms with van der Waals surface area (Å²) in [4.78, 5) is 41.8. The SMILES string of the molecule is CCn1c(=O)/c(=C\Nc2cccc(NC(=O)CN3CCN(C)CC3)c2)s/c1=C(/C#N)C(=O)NCC(F)(F)F. The molecule has 1 aliphatic heterocycles. The van der Waals surface area contributed by atoms with E-state index in [0.717, 1.165) is 42.1 Å². The number of piperazine rings is 1. The Morgan fingerprint density at radius 2 is 1.87 bits per heavy atom. The first-order valence-electron chi connectivity index (χ1n) is 11.8. The second-order valence-electron chi connectivity index (χ2n) is 8.60. The molecule has 0 radical (unpaired) electrons. The Labute approximate surface area is 220 Å². The van der Waals surface area contributed by atoms with E-state index in [1.165, 1.54) is 6.20 Å². The lowest BCUT2D eigenvalue weighted by molar-refractivity contribution is -0.135. The van der Waals surface area contributed by atoms with E-state index in [-0.39, 0.29) is 28.2 Å². The standard InChI is InChI=1S/C24H28F3N7O3S/c1-3-34-22(37)19(38-23(34)18(12-28)21(36)30-15-24(25,26)27)13-29-16-5-4-6-17(11-16)31-20(35)14-33-9-7-32(2)8-10-33/h4-6,11,13,29H,3,7-10,14-15H2,1-2H3,(H,30,36)(H,31,35)/b19-13+,23-18-. The quantitative estimate of drug-likeness (QED) is 0.432. The maximum Gasteiger partial charge on any atom is 0.405 e. The van der Waals surface area contributed by atoms with E-state index in [1.54, 1.807) is 42.6 Å². The number of nitrogens with one attached hydrogen (secondary N) is 3. The molecular formula is C24H28F3N7O3S. The lowest BCUT2D eigenvalue weighted by Crippen LogP contribution is -2.47. The van der Waals surface area contributed by atoms with Crippen molar-refractivity contribution in [2.75, 3.05) is 56.9 Å². The summed E-state index contributed by atoms with van der Waals surface area (Å²) in [5.41, 5.74) is 0.0323. The number of thiazole rings is 1. The van der Waals surface area contributed by atoms with Gasteiger partial charge in [-0.3, -0.25) is 23.9 Å². The fraction of sp³-hybridized carbons (Fsp3) is 0.417. The molecule has 1 aromatic heterocycles. The summed E-state index contributed by atoms with van der Waals surface area (Å²) >= 11 is 0.811. The summed E-state index contributed by atoms with van der Waals surface area (Å²) in [6, 6.07) is 8.46. The fourth-order valence-corrected chi connectivity index (χ4v) is 4.79. The van der Waals surface area contributed by atoms with Gasteiger partial charge in [-0.25, -0.2) is 0 Å². The molecule has 2 amide bonds. The van der Waals surface area contributed by atoms with Crippen LogP contribution in [0, 0.1) is 11.3 Å². The first-order valence-corrected chi connectivity index (χ1v) is 12.6. The molecule has 0 bridgehead atoms. The lowest BCUT2D eigenvalue weighted by Gasteiger charge is -2.31. The van der Waals surface area contributed by atoms with Crippen molar-refractivity contribution in [1.29, 1.82) is 5.26 Å². The molecule has 1 fully saturated rings. The monoisotopic (exact) mass is 551 g/mol. The van der Waals surface area contributed by atoms with Crippen molar-refractivity contribution in [3.05, 3.63) is 43.8 Å². The van der Waals surface area contributed by atoms with Gasteiger partial charge >= 0.3 is 6.18 Å². The van der Waals surface area contributed by atoms with Crippen molar-refractivity contribution in [1.82, 2.24) is 19.7 Å². The number of nitrogens with zero attached hydrogens (tertiary/aromatic N) is 4. The maximum absolute atomic E-state index is 12.8. The second-order valence-corrected chi connectivity index (χ2v) is 9.63. The van der Waals surface area contributed by atoms with Crippen molar-refractivity contribution >= 4 is 46.3 Å². The zero-order valence-electron chi connectivity index (χ0n) is 20.9. The van der Waals surface area contributed by atoms with Crippen LogP contribution in [0.4, 0.5) is 24.5 Å². The first kappa shape index (κ1) is 28.9. The number of likely N-dealkylation sites (N-methyl/N-ethyl adjacent to an activating group) is 1. The smallest absolute Gasteiger partial charge is 0.360 e. The van der Waals surface area contributed by atoms with Crippen LogP contribution >= 0.6 is 11.3 Å². The third-order valence-corrected chi connectivity index (χ3v) is 6.84. The van der Waals surface area contributed by atoms with Crippen LogP contribution in [0.15, 0.2) is 29.1 Å². The number of hydrogen-bond donors (Lipinski definition) is 3. The summed E-state index contributed by atoms with van der Waals surface area (Å²) in [5, 5.41) is 16.9. The number of amides is 2. The molecule has 3 N–H and O–H groups in total. The van der Waals surface area contributed by atoms with Crippen molar-refractivity contribution < 1.29 is 22.8 Å². The molecule has 0 aliphatic carbocycles. The average Bonchev–Trinajstić information content (AvgIpc) is 3.18. The summed E-state index contributed by atoms with van der Waals surface area (Å²) in [5.74, 6) is -1.36. The van der Waals surface area contributed by atoms with Gasteiger partial charge in [-0.15, -0.1) is 11.3 Å². The highest BCUT2D eigenvalue weighted by atomic mass is 32.1. The molecule has 38 heavy (non-hydrogen) atoms. The van der Waals surface area contributed by atoms with E-state index in [9.17, 15) is 32.8 Å². The van der Waals surface area contributed by atoms with Crippen LogP contribution in [0.25, 0.3) is 11.8 Å². The summed E-state index contributed by atoms with van der Waals surface area (Å²) in [7, 11) is 2.04. The number of nitriles is 1. The Hall–Kier alpha value is -3.67. The zero-order chi connectivity index (χ0) is 27.9. The summed E-state index contributed by atoms with van der Waals surface area (Å²) < 4.78 is 38.7. The molecule has 0 spiro atoms. The minimum absolute atomic E-state index is 0.0438. The molecule has 1 aliphatic rings. The van der Waals surface area contributed by atoms with Crippen LogP contribution in [-0.4, -0.2) is 78.7 Å². The van der Waals surface area contributed by atoms with Gasteiger partial charge in [-0.1, -0.05) is 6.07 Å². The molecule has 2 heterocycles. The minimum Gasteiger partial charge on any atom is -0.360 e. The highest BCUT2D eigenvalue weighted by Gasteiger charge is 2.29. The molecule has 0 saturated carbocycles. The van der Waals surface area contributed by atoms with E-state index >= 15 is 0 Å². The van der Waals surface area contributed by atoms with Gasteiger partial charge in [0, 0.05) is 50.3 Å². The van der Waals surface area contributed by atoms with Crippen LogP contribution in [-0.2, 0) is 16.1 Å².